The van der Waals surface area contributed by atoms with Crippen molar-refractivity contribution in [3.63, 3.8) is 0 Å². The Balaban J connectivity index is 1.82. The van der Waals surface area contributed by atoms with E-state index in [1.807, 2.05) is 12.4 Å². The van der Waals surface area contributed by atoms with E-state index in [0.29, 0.717) is 12.3 Å². The molecule has 0 fully saturated rings. The molecule has 6 heteroatoms. The largest absolute Gasteiger partial charge is 0.450 e. The Hall–Kier alpha value is -1.40. The Bertz CT molecular complexity index is 452. The minimum Gasteiger partial charge on any atom is -0.450 e. The van der Waals surface area contributed by atoms with Gasteiger partial charge in [-0.1, -0.05) is 0 Å². The first-order valence-corrected chi connectivity index (χ1v) is 5.74. The highest BCUT2D eigenvalue weighted by molar-refractivity contribution is 7.09. The number of aliphatic hydroxyl groups excluding tert-OH is 1. The summed E-state index contributed by atoms with van der Waals surface area (Å²) in [6.07, 6.45) is 2.37. The molecule has 0 unspecified atom stereocenters. The maximum atomic E-state index is 8.78. The van der Waals surface area contributed by atoms with E-state index in [1.165, 1.54) is 11.1 Å². The molecule has 2 heterocycles. The summed E-state index contributed by atoms with van der Waals surface area (Å²) >= 11 is 1.61. The molecule has 0 spiro atoms. The van der Waals surface area contributed by atoms with Crippen molar-refractivity contribution in [3.05, 3.63) is 28.0 Å². The van der Waals surface area contributed by atoms with Gasteiger partial charge in [-0.15, -0.1) is 11.3 Å². The molecule has 16 heavy (non-hydrogen) atoms. The Morgan fingerprint density at radius 3 is 3.06 bits per heavy atom. The first-order valence-electron chi connectivity index (χ1n) is 4.86. The van der Waals surface area contributed by atoms with Crippen molar-refractivity contribution < 1.29 is 14.3 Å². The van der Waals surface area contributed by atoms with Gasteiger partial charge in [-0.2, -0.15) is 4.98 Å². The number of rotatable bonds is 5. The quantitative estimate of drug-likeness (QED) is 0.858. The zero-order chi connectivity index (χ0) is 11.4. The molecule has 0 aromatic carbocycles. The smallest absolute Gasteiger partial charge is 0.393 e. The van der Waals surface area contributed by atoms with E-state index in [0.717, 1.165) is 12.1 Å². The van der Waals surface area contributed by atoms with Gasteiger partial charge in [-0.05, 0) is 6.92 Å². The molecule has 0 aliphatic rings. The molecule has 86 valence electrons. The lowest BCUT2D eigenvalue weighted by Gasteiger charge is -1.99. The molecule has 0 aliphatic carbocycles. The van der Waals surface area contributed by atoms with Crippen molar-refractivity contribution in [1.29, 1.82) is 0 Å². The normalized spacial score (nSPS) is 10.6. The molecule has 1 N–H and O–H groups in total. The van der Waals surface area contributed by atoms with Crippen LogP contribution in [0.3, 0.4) is 0 Å². The zero-order valence-corrected chi connectivity index (χ0v) is 9.66. The number of ether oxygens (including phenoxy) is 1. The highest BCUT2D eigenvalue weighted by atomic mass is 32.1. The number of aromatic nitrogens is 2. The Labute approximate surface area is 96.7 Å². The Morgan fingerprint density at radius 2 is 2.44 bits per heavy atom. The fourth-order valence-corrected chi connectivity index (χ4v) is 1.99. The number of oxazole rings is 1. The summed E-state index contributed by atoms with van der Waals surface area (Å²) in [6, 6.07) is 0. The zero-order valence-electron chi connectivity index (χ0n) is 8.84. The molecule has 0 bridgehead atoms. The maximum Gasteiger partial charge on any atom is 0.393 e. The lowest BCUT2D eigenvalue weighted by atomic mass is 10.3. The van der Waals surface area contributed by atoms with Crippen LogP contribution in [0.1, 0.15) is 16.3 Å². The van der Waals surface area contributed by atoms with Gasteiger partial charge in [0.25, 0.3) is 0 Å². The Morgan fingerprint density at radius 1 is 1.56 bits per heavy atom. The monoisotopic (exact) mass is 240 g/mol. The second kappa shape index (κ2) is 5.09. The van der Waals surface area contributed by atoms with Crippen LogP contribution in [0.2, 0.25) is 0 Å². The third kappa shape index (κ3) is 2.59. The predicted molar refractivity (Wildman–Crippen MR) is 58.5 cm³/mol. The standard InChI is InChI=1S/C10H12N2O3S/c1-7-9(16-6-11-7)2-3-14-10-12-8(4-13)5-15-10/h5-6,13H,2-4H2,1H3. The van der Waals surface area contributed by atoms with Crippen molar-refractivity contribution >= 4 is 11.3 Å². The molecule has 0 amide bonds. The van der Waals surface area contributed by atoms with Gasteiger partial charge in [-0.3, -0.25) is 0 Å². The first-order chi connectivity index (χ1) is 7.79. The number of aryl methyl sites for hydroxylation is 1. The van der Waals surface area contributed by atoms with Gasteiger partial charge in [0.15, 0.2) is 0 Å². The summed E-state index contributed by atoms with van der Waals surface area (Å²) in [6.45, 7) is 2.33. The van der Waals surface area contributed by atoms with Crippen LogP contribution in [0.4, 0.5) is 0 Å². The van der Waals surface area contributed by atoms with Crippen molar-refractivity contribution in [2.45, 2.75) is 20.0 Å². The highest BCUT2D eigenvalue weighted by Crippen LogP contribution is 2.14. The van der Waals surface area contributed by atoms with E-state index < -0.39 is 0 Å². The van der Waals surface area contributed by atoms with E-state index in [1.54, 1.807) is 11.3 Å². The van der Waals surface area contributed by atoms with Gasteiger partial charge >= 0.3 is 6.08 Å². The average Bonchev–Trinajstić information content (AvgIpc) is 2.89. The van der Waals surface area contributed by atoms with Crippen molar-refractivity contribution in [2.24, 2.45) is 0 Å². The second-order valence-electron chi connectivity index (χ2n) is 3.22. The third-order valence-electron chi connectivity index (χ3n) is 2.09. The van der Waals surface area contributed by atoms with Gasteiger partial charge in [0.1, 0.15) is 12.0 Å². The van der Waals surface area contributed by atoms with Crippen LogP contribution in [-0.2, 0) is 13.0 Å². The van der Waals surface area contributed by atoms with Crippen LogP contribution in [0.5, 0.6) is 6.08 Å². The average molecular weight is 240 g/mol. The topological polar surface area (TPSA) is 68.4 Å². The fraction of sp³-hybridized carbons (Fsp3) is 0.400. The van der Waals surface area contributed by atoms with Crippen LogP contribution < -0.4 is 4.74 Å². The third-order valence-corrected chi connectivity index (χ3v) is 3.09. The van der Waals surface area contributed by atoms with E-state index in [9.17, 15) is 0 Å². The van der Waals surface area contributed by atoms with Crippen molar-refractivity contribution in [3.8, 4) is 6.08 Å². The SMILES string of the molecule is Cc1ncsc1CCOc1nc(CO)co1. The molecule has 0 saturated heterocycles. The summed E-state index contributed by atoms with van der Waals surface area (Å²) < 4.78 is 10.3. The molecular formula is C10H12N2O3S. The lowest BCUT2D eigenvalue weighted by molar-refractivity contribution is 0.233. The van der Waals surface area contributed by atoms with Crippen molar-refractivity contribution in [2.75, 3.05) is 6.61 Å². The van der Waals surface area contributed by atoms with Crippen molar-refractivity contribution in [1.82, 2.24) is 9.97 Å². The van der Waals surface area contributed by atoms with Gasteiger partial charge in [0.05, 0.1) is 24.4 Å². The van der Waals surface area contributed by atoms with Gasteiger partial charge < -0.3 is 14.3 Å². The minimum absolute atomic E-state index is 0.138. The van der Waals surface area contributed by atoms with Crippen LogP contribution in [0.15, 0.2) is 16.2 Å². The molecule has 0 atom stereocenters. The number of aliphatic hydroxyl groups is 1. The molecular weight excluding hydrogens is 228 g/mol. The number of hydrogen-bond donors (Lipinski definition) is 1. The van der Waals surface area contributed by atoms with Crippen LogP contribution in [0, 0.1) is 6.92 Å². The van der Waals surface area contributed by atoms with E-state index >= 15 is 0 Å². The summed E-state index contributed by atoms with van der Waals surface area (Å²) in [7, 11) is 0. The van der Waals surface area contributed by atoms with Gasteiger partial charge in [0, 0.05) is 11.3 Å². The summed E-state index contributed by atoms with van der Waals surface area (Å²) in [5.41, 5.74) is 3.33. The molecule has 2 rings (SSSR count). The molecule has 2 aromatic rings. The van der Waals surface area contributed by atoms with Gasteiger partial charge in [0.2, 0.25) is 0 Å². The molecule has 0 aliphatic heterocycles. The van der Waals surface area contributed by atoms with E-state index in [2.05, 4.69) is 9.97 Å². The molecule has 0 radical (unpaired) electrons. The second-order valence-corrected chi connectivity index (χ2v) is 4.16. The predicted octanol–water partition coefficient (Wildman–Crippen LogP) is 1.55. The fourth-order valence-electron chi connectivity index (χ4n) is 1.22. The number of hydrogen-bond acceptors (Lipinski definition) is 6. The summed E-state index contributed by atoms with van der Waals surface area (Å²) in [5, 5.41) is 8.78. The lowest BCUT2D eigenvalue weighted by Crippen LogP contribution is -2.01. The van der Waals surface area contributed by atoms with Crippen LogP contribution in [0.25, 0.3) is 0 Å². The van der Waals surface area contributed by atoms with E-state index in [4.69, 9.17) is 14.3 Å². The summed E-state index contributed by atoms with van der Waals surface area (Å²) in [5.74, 6) is 0. The van der Waals surface area contributed by atoms with E-state index in [-0.39, 0.29) is 12.7 Å². The maximum absolute atomic E-state index is 8.78. The highest BCUT2D eigenvalue weighted by Gasteiger charge is 2.05. The minimum atomic E-state index is -0.138. The number of nitrogens with zero attached hydrogens (tertiary/aromatic N) is 2. The van der Waals surface area contributed by atoms with Gasteiger partial charge in [-0.25, -0.2) is 4.98 Å². The Kier molecular flexibility index (Phi) is 3.53. The number of thiazole rings is 1. The summed E-state index contributed by atoms with van der Waals surface area (Å²) in [4.78, 5) is 9.27. The first kappa shape index (κ1) is 11.1. The van der Waals surface area contributed by atoms with Crippen LogP contribution in [-0.4, -0.2) is 21.7 Å². The van der Waals surface area contributed by atoms with Crippen LogP contribution >= 0.6 is 11.3 Å². The molecule has 0 saturated carbocycles. The molecule has 2 aromatic heterocycles. The molecule has 5 nitrogen and oxygen atoms in total.